The van der Waals surface area contributed by atoms with Crippen LogP contribution in [0.3, 0.4) is 0 Å². The Hall–Kier alpha value is -1.75. The Balaban J connectivity index is 1.60. The standard InChI is InChI=1S/C16H17F2N3/c17-12-2-1-9(4-13(12)18)15-7-21(8-20-15)16-6-10-3-11(16)5-14(10)19/h1-2,4,7-8,10-11,14,16H,3,5-6,19H2/t10-,11-,14+,16+/m1/s1. The number of halogens is 2. The van der Waals surface area contributed by atoms with Crippen molar-refractivity contribution in [2.45, 2.75) is 31.3 Å². The number of imidazole rings is 1. The van der Waals surface area contributed by atoms with E-state index in [4.69, 9.17) is 5.73 Å². The van der Waals surface area contributed by atoms with Crippen LogP contribution < -0.4 is 5.73 Å². The fourth-order valence-corrected chi connectivity index (χ4v) is 3.98. The van der Waals surface area contributed by atoms with Gasteiger partial charge < -0.3 is 10.3 Å². The number of hydrogen-bond donors (Lipinski definition) is 1. The van der Waals surface area contributed by atoms with Gasteiger partial charge in [-0.1, -0.05) is 0 Å². The summed E-state index contributed by atoms with van der Waals surface area (Å²) < 4.78 is 28.4. The second kappa shape index (κ2) is 4.63. The Labute approximate surface area is 121 Å². The molecular formula is C16H17F2N3. The topological polar surface area (TPSA) is 43.8 Å². The van der Waals surface area contributed by atoms with E-state index in [0.29, 0.717) is 35.2 Å². The van der Waals surface area contributed by atoms with Gasteiger partial charge in [0, 0.05) is 23.8 Å². The molecule has 5 heteroatoms. The molecular weight excluding hydrogens is 272 g/mol. The van der Waals surface area contributed by atoms with E-state index in [-0.39, 0.29) is 0 Å². The van der Waals surface area contributed by atoms with Gasteiger partial charge in [-0.05, 0) is 49.3 Å². The SMILES string of the molecule is N[C@H]1C[C@H]2C[C@@H]1C[C@@H]2n1cnc(-c2ccc(F)c(F)c2)c1. The summed E-state index contributed by atoms with van der Waals surface area (Å²) in [6.07, 6.45) is 7.11. The van der Waals surface area contributed by atoms with Gasteiger partial charge in [0.05, 0.1) is 12.0 Å². The lowest BCUT2D eigenvalue weighted by Gasteiger charge is -2.26. The highest BCUT2D eigenvalue weighted by Crippen LogP contribution is 2.50. The zero-order valence-corrected chi connectivity index (χ0v) is 11.5. The van der Waals surface area contributed by atoms with Gasteiger partial charge >= 0.3 is 0 Å². The minimum atomic E-state index is -0.840. The molecule has 2 aromatic rings. The van der Waals surface area contributed by atoms with Crippen LogP contribution in [-0.4, -0.2) is 15.6 Å². The van der Waals surface area contributed by atoms with E-state index in [0.717, 1.165) is 18.9 Å². The molecule has 2 N–H and O–H groups in total. The van der Waals surface area contributed by atoms with E-state index in [1.807, 2.05) is 6.20 Å². The molecule has 4 atom stereocenters. The van der Waals surface area contributed by atoms with Crippen molar-refractivity contribution in [2.24, 2.45) is 17.6 Å². The maximum atomic E-state index is 13.3. The number of hydrogen-bond acceptors (Lipinski definition) is 2. The van der Waals surface area contributed by atoms with Crippen molar-refractivity contribution < 1.29 is 8.78 Å². The van der Waals surface area contributed by atoms with Crippen LogP contribution in [0, 0.1) is 23.5 Å². The van der Waals surface area contributed by atoms with E-state index in [2.05, 4.69) is 9.55 Å². The van der Waals surface area contributed by atoms with Crippen molar-refractivity contribution >= 4 is 0 Å². The van der Waals surface area contributed by atoms with Crippen molar-refractivity contribution in [1.82, 2.24) is 9.55 Å². The highest BCUT2D eigenvalue weighted by Gasteiger charge is 2.44. The fourth-order valence-electron chi connectivity index (χ4n) is 3.98. The van der Waals surface area contributed by atoms with Crippen molar-refractivity contribution in [2.75, 3.05) is 0 Å². The summed E-state index contributed by atoms with van der Waals surface area (Å²) in [6, 6.07) is 4.68. The van der Waals surface area contributed by atoms with E-state index in [1.165, 1.54) is 12.5 Å². The lowest BCUT2D eigenvalue weighted by atomic mass is 9.92. The van der Waals surface area contributed by atoms with Gasteiger partial charge in [-0.2, -0.15) is 0 Å². The van der Waals surface area contributed by atoms with Crippen molar-refractivity contribution in [3.63, 3.8) is 0 Å². The summed E-state index contributed by atoms with van der Waals surface area (Å²) in [6.45, 7) is 0. The van der Waals surface area contributed by atoms with Gasteiger partial charge in [-0.25, -0.2) is 13.8 Å². The minimum absolute atomic E-state index is 0.348. The Morgan fingerprint density at radius 1 is 1.10 bits per heavy atom. The predicted octanol–water partition coefficient (Wildman–Crippen LogP) is 3.13. The normalized spacial score (nSPS) is 31.0. The second-order valence-corrected chi connectivity index (χ2v) is 6.29. The van der Waals surface area contributed by atoms with E-state index in [9.17, 15) is 8.78 Å². The molecule has 0 saturated heterocycles. The molecule has 0 aliphatic heterocycles. The minimum Gasteiger partial charge on any atom is -0.333 e. The quantitative estimate of drug-likeness (QED) is 0.923. The molecule has 2 saturated carbocycles. The number of benzene rings is 1. The van der Waals surface area contributed by atoms with Gasteiger partial charge in [0.25, 0.3) is 0 Å². The molecule has 1 aromatic carbocycles. The summed E-state index contributed by atoms with van der Waals surface area (Å²) >= 11 is 0. The third-order valence-corrected chi connectivity index (χ3v) is 5.07. The van der Waals surface area contributed by atoms with Crippen LogP contribution in [0.25, 0.3) is 11.3 Å². The van der Waals surface area contributed by atoms with Gasteiger partial charge in [-0.15, -0.1) is 0 Å². The third kappa shape index (κ3) is 2.07. The Kier molecular flexibility index (Phi) is 2.85. The molecule has 4 rings (SSSR count). The Morgan fingerprint density at radius 2 is 1.95 bits per heavy atom. The molecule has 2 bridgehead atoms. The number of fused-ring (bicyclic) bond motifs is 2. The van der Waals surface area contributed by atoms with Crippen LogP contribution in [0.5, 0.6) is 0 Å². The third-order valence-electron chi connectivity index (χ3n) is 5.07. The average Bonchev–Trinajstić information content (AvgIpc) is 3.15. The first-order valence-electron chi connectivity index (χ1n) is 7.36. The maximum Gasteiger partial charge on any atom is 0.159 e. The highest BCUT2D eigenvalue weighted by molar-refractivity contribution is 5.58. The number of rotatable bonds is 2. The van der Waals surface area contributed by atoms with Crippen LogP contribution in [-0.2, 0) is 0 Å². The summed E-state index contributed by atoms with van der Waals surface area (Å²) in [5.74, 6) is -0.431. The predicted molar refractivity (Wildman–Crippen MR) is 75.4 cm³/mol. The molecule has 1 heterocycles. The summed E-state index contributed by atoms with van der Waals surface area (Å²) in [4.78, 5) is 4.35. The lowest BCUT2D eigenvalue weighted by Crippen LogP contribution is -2.30. The van der Waals surface area contributed by atoms with Gasteiger partial charge in [0.1, 0.15) is 0 Å². The lowest BCUT2D eigenvalue weighted by molar-refractivity contribution is 0.304. The molecule has 2 aliphatic carbocycles. The van der Waals surface area contributed by atoms with Gasteiger partial charge in [0.15, 0.2) is 11.6 Å². The highest BCUT2D eigenvalue weighted by atomic mass is 19.2. The van der Waals surface area contributed by atoms with Crippen molar-refractivity contribution in [3.05, 3.63) is 42.4 Å². The van der Waals surface area contributed by atoms with Crippen LogP contribution in [0.15, 0.2) is 30.7 Å². The monoisotopic (exact) mass is 289 g/mol. The number of nitrogens with zero attached hydrogens (tertiary/aromatic N) is 2. The zero-order valence-electron chi connectivity index (χ0n) is 11.5. The van der Waals surface area contributed by atoms with E-state index < -0.39 is 11.6 Å². The van der Waals surface area contributed by atoms with Crippen LogP contribution in [0.4, 0.5) is 8.78 Å². The molecule has 3 nitrogen and oxygen atoms in total. The largest absolute Gasteiger partial charge is 0.333 e. The summed E-state index contributed by atoms with van der Waals surface area (Å²) in [5, 5.41) is 0. The first-order valence-corrected chi connectivity index (χ1v) is 7.36. The zero-order chi connectivity index (χ0) is 14.6. The van der Waals surface area contributed by atoms with Gasteiger partial charge in [-0.3, -0.25) is 0 Å². The van der Waals surface area contributed by atoms with E-state index >= 15 is 0 Å². The maximum absolute atomic E-state index is 13.3. The molecule has 2 fully saturated rings. The molecule has 0 unspecified atom stereocenters. The molecule has 21 heavy (non-hydrogen) atoms. The summed E-state index contributed by atoms with van der Waals surface area (Å²) in [7, 11) is 0. The molecule has 0 amide bonds. The number of nitrogens with two attached hydrogens (primary N) is 1. The van der Waals surface area contributed by atoms with Crippen LogP contribution >= 0.6 is 0 Å². The Morgan fingerprint density at radius 3 is 2.62 bits per heavy atom. The molecule has 1 aromatic heterocycles. The first kappa shape index (κ1) is 13.0. The van der Waals surface area contributed by atoms with Crippen LogP contribution in [0.1, 0.15) is 25.3 Å². The molecule has 110 valence electrons. The number of aromatic nitrogens is 2. The van der Waals surface area contributed by atoms with Crippen molar-refractivity contribution in [1.29, 1.82) is 0 Å². The molecule has 2 aliphatic rings. The fraction of sp³-hybridized carbons (Fsp3) is 0.438. The smallest absolute Gasteiger partial charge is 0.159 e. The van der Waals surface area contributed by atoms with Crippen molar-refractivity contribution in [3.8, 4) is 11.3 Å². The molecule has 0 radical (unpaired) electrons. The molecule has 0 spiro atoms. The van der Waals surface area contributed by atoms with Gasteiger partial charge in [0.2, 0.25) is 0 Å². The van der Waals surface area contributed by atoms with Crippen LogP contribution in [0.2, 0.25) is 0 Å². The average molecular weight is 289 g/mol. The second-order valence-electron chi connectivity index (χ2n) is 6.29. The summed E-state index contributed by atoms with van der Waals surface area (Å²) in [5.41, 5.74) is 7.37. The first-order chi connectivity index (χ1) is 10.1. The van der Waals surface area contributed by atoms with E-state index in [1.54, 1.807) is 12.4 Å². The Bertz CT molecular complexity index is 680.